The summed E-state index contributed by atoms with van der Waals surface area (Å²) in [6, 6.07) is 9.42. The van der Waals surface area contributed by atoms with Crippen molar-refractivity contribution in [1.29, 1.82) is 0 Å². The standard InChI is InChI=1S/C26H29N7O3/c1-32-8-10-33(11-9-32)16-23(34)31-22-12-17(6-7-27-22)25-24(20-5-4-18(35-2)14-28-20)26-21(30-25)13-19(36-3)15-29-26/h4-7,12-15,30H,8-11,16H2,1-3H3,(H,27,31,34). The summed E-state index contributed by atoms with van der Waals surface area (Å²) in [7, 11) is 5.31. The number of aromatic nitrogens is 4. The Morgan fingerprint density at radius 3 is 2.50 bits per heavy atom. The summed E-state index contributed by atoms with van der Waals surface area (Å²) in [5.41, 5.74) is 4.84. The van der Waals surface area contributed by atoms with E-state index in [1.165, 1.54) is 0 Å². The molecule has 5 rings (SSSR count). The van der Waals surface area contributed by atoms with E-state index in [2.05, 4.69) is 42.1 Å². The predicted octanol–water partition coefficient (Wildman–Crippen LogP) is 2.89. The predicted molar refractivity (Wildman–Crippen MR) is 138 cm³/mol. The van der Waals surface area contributed by atoms with E-state index in [1.54, 1.807) is 32.8 Å². The minimum absolute atomic E-state index is 0.0794. The normalized spacial score (nSPS) is 14.6. The minimum Gasteiger partial charge on any atom is -0.495 e. The molecule has 0 saturated carbocycles. The summed E-state index contributed by atoms with van der Waals surface area (Å²) in [6.45, 7) is 4.02. The van der Waals surface area contributed by atoms with Gasteiger partial charge in [0.25, 0.3) is 0 Å². The first kappa shape index (κ1) is 23.7. The minimum atomic E-state index is -0.0794. The molecule has 10 heteroatoms. The monoisotopic (exact) mass is 487 g/mol. The second-order valence-corrected chi connectivity index (χ2v) is 8.79. The van der Waals surface area contributed by atoms with Crippen LogP contribution in [0.25, 0.3) is 33.5 Å². The fourth-order valence-electron chi connectivity index (χ4n) is 4.33. The van der Waals surface area contributed by atoms with Gasteiger partial charge < -0.3 is 24.7 Å². The number of carbonyl (C=O) groups is 1. The molecule has 0 aromatic carbocycles. The number of nitrogens with zero attached hydrogens (tertiary/aromatic N) is 5. The number of hydrogen-bond donors (Lipinski definition) is 2. The van der Waals surface area contributed by atoms with E-state index in [1.807, 2.05) is 30.3 Å². The Bertz CT molecular complexity index is 1360. The Morgan fingerprint density at radius 2 is 1.78 bits per heavy atom. The summed E-state index contributed by atoms with van der Waals surface area (Å²) in [4.78, 5) is 34.2. The van der Waals surface area contributed by atoms with Gasteiger partial charge in [0.15, 0.2) is 0 Å². The maximum absolute atomic E-state index is 12.7. The maximum Gasteiger partial charge on any atom is 0.239 e. The van der Waals surface area contributed by atoms with Crippen LogP contribution < -0.4 is 14.8 Å². The Morgan fingerprint density at radius 1 is 1.00 bits per heavy atom. The second kappa shape index (κ2) is 10.3. The smallest absolute Gasteiger partial charge is 0.239 e. The van der Waals surface area contributed by atoms with Gasteiger partial charge in [-0.15, -0.1) is 0 Å². The molecule has 5 heterocycles. The summed E-state index contributed by atoms with van der Waals surface area (Å²) in [5.74, 6) is 1.73. The van der Waals surface area contributed by atoms with Crippen LogP contribution in [0.2, 0.25) is 0 Å². The molecular formula is C26H29N7O3. The van der Waals surface area contributed by atoms with E-state index in [-0.39, 0.29) is 5.91 Å². The molecule has 2 N–H and O–H groups in total. The van der Waals surface area contributed by atoms with E-state index < -0.39 is 0 Å². The van der Waals surface area contributed by atoms with Gasteiger partial charge in [0.2, 0.25) is 5.91 Å². The van der Waals surface area contributed by atoms with Gasteiger partial charge >= 0.3 is 0 Å². The van der Waals surface area contributed by atoms with Crippen LogP contribution in [0.15, 0.2) is 48.9 Å². The van der Waals surface area contributed by atoms with Crippen molar-refractivity contribution in [2.24, 2.45) is 0 Å². The van der Waals surface area contributed by atoms with Crippen molar-refractivity contribution in [3.63, 3.8) is 0 Å². The van der Waals surface area contributed by atoms with Crippen molar-refractivity contribution in [1.82, 2.24) is 29.7 Å². The number of aromatic amines is 1. The zero-order valence-corrected chi connectivity index (χ0v) is 20.6. The van der Waals surface area contributed by atoms with E-state index in [4.69, 9.17) is 9.47 Å². The molecule has 0 spiro atoms. The van der Waals surface area contributed by atoms with E-state index in [0.717, 1.165) is 59.7 Å². The Hall–Kier alpha value is -4.02. The number of methoxy groups -OCH3 is 2. The van der Waals surface area contributed by atoms with Crippen molar-refractivity contribution in [2.45, 2.75) is 0 Å². The number of ether oxygens (including phenoxy) is 2. The summed E-state index contributed by atoms with van der Waals surface area (Å²) < 4.78 is 10.6. The van der Waals surface area contributed by atoms with Gasteiger partial charge in [-0.2, -0.15) is 0 Å². The first-order chi connectivity index (χ1) is 17.5. The molecule has 0 bridgehead atoms. The number of fused-ring (bicyclic) bond motifs is 1. The first-order valence-electron chi connectivity index (χ1n) is 11.8. The van der Waals surface area contributed by atoms with Gasteiger partial charge in [-0.25, -0.2) is 4.98 Å². The first-order valence-corrected chi connectivity index (χ1v) is 11.8. The van der Waals surface area contributed by atoms with Crippen LogP contribution in [0, 0.1) is 0 Å². The number of pyridine rings is 3. The van der Waals surface area contributed by atoms with E-state index >= 15 is 0 Å². The third kappa shape index (κ3) is 5.00. The number of carbonyl (C=O) groups excluding carboxylic acids is 1. The average molecular weight is 488 g/mol. The molecule has 1 fully saturated rings. The fraction of sp³-hybridized carbons (Fsp3) is 0.308. The van der Waals surface area contributed by atoms with Crippen molar-refractivity contribution >= 4 is 22.8 Å². The van der Waals surface area contributed by atoms with Crippen LogP contribution in [0.1, 0.15) is 0 Å². The number of H-pyrrole nitrogens is 1. The lowest BCUT2D eigenvalue weighted by atomic mass is 10.0. The molecule has 36 heavy (non-hydrogen) atoms. The van der Waals surface area contributed by atoms with Crippen LogP contribution in [-0.2, 0) is 4.79 Å². The lowest BCUT2D eigenvalue weighted by molar-refractivity contribution is -0.117. The number of hydrogen-bond acceptors (Lipinski definition) is 8. The largest absolute Gasteiger partial charge is 0.495 e. The quantitative estimate of drug-likeness (QED) is 0.410. The SMILES string of the molecule is COc1ccc(-c2c(-c3ccnc(NC(=O)CN4CCN(C)CC4)c3)[nH]c3cc(OC)cnc23)nc1. The molecule has 1 aliphatic rings. The molecule has 1 aliphatic heterocycles. The van der Waals surface area contributed by atoms with Crippen LogP contribution >= 0.6 is 0 Å². The third-order valence-electron chi connectivity index (χ3n) is 6.35. The molecule has 0 unspecified atom stereocenters. The summed E-state index contributed by atoms with van der Waals surface area (Å²) >= 11 is 0. The topological polar surface area (TPSA) is 109 Å². The van der Waals surface area contributed by atoms with Crippen LogP contribution in [0.4, 0.5) is 5.82 Å². The van der Waals surface area contributed by atoms with Gasteiger partial charge in [0.1, 0.15) is 17.3 Å². The zero-order chi connectivity index (χ0) is 25.1. The molecule has 0 aliphatic carbocycles. The van der Waals surface area contributed by atoms with Gasteiger partial charge in [-0.3, -0.25) is 19.7 Å². The molecule has 10 nitrogen and oxygen atoms in total. The van der Waals surface area contributed by atoms with Crippen molar-refractivity contribution in [2.75, 3.05) is 59.3 Å². The average Bonchev–Trinajstić information content (AvgIpc) is 3.29. The van der Waals surface area contributed by atoms with Gasteiger partial charge in [-0.05, 0) is 31.3 Å². The highest BCUT2D eigenvalue weighted by molar-refractivity contribution is 6.01. The fourth-order valence-corrected chi connectivity index (χ4v) is 4.33. The molecule has 1 saturated heterocycles. The molecule has 4 aromatic heterocycles. The second-order valence-electron chi connectivity index (χ2n) is 8.79. The highest BCUT2D eigenvalue weighted by Gasteiger charge is 2.20. The molecule has 186 valence electrons. The molecular weight excluding hydrogens is 458 g/mol. The number of amides is 1. The number of rotatable bonds is 7. The number of piperazine rings is 1. The van der Waals surface area contributed by atoms with Crippen LogP contribution in [0.5, 0.6) is 11.5 Å². The van der Waals surface area contributed by atoms with Crippen molar-refractivity contribution in [3.8, 4) is 34.0 Å². The third-order valence-corrected chi connectivity index (χ3v) is 6.35. The van der Waals surface area contributed by atoms with Gasteiger partial charge in [-0.1, -0.05) is 0 Å². The van der Waals surface area contributed by atoms with Crippen LogP contribution in [0.3, 0.4) is 0 Å². The number of nitrogens with one attached hydrogen (secondary N) is 2. The molecule has 4 aromatic rings. The number of anilines is 1. The molecule has 0 atom stereocenters. The summed E-state index contributed by atoms with van der Waals surface area (Å²) in [6.07, 6.45) is 5.05. The lowest BCUT2D eigenvalue weighted by Crippen LogP contribution is -2.47. The van der Waals surface area contributed by atoms with E-state index in [0.29, 0.717) is 23.9 Å². The van der Waals surface area contributed by atoms with E-state index in [9.17, 15) is 4.79 Å². The van der Waals surface area contributed by atoms with Crippen LogP contribution in [-0.4, -0.2) is 89.6 Å². The Balaban J connectivity index is 1.47. The Labute approximate surface area is 209 Å². The zero-order valence-electron chi connectivity index (χ0n) is 20.6. The molecule has 1 amide bonds. The van der Waals surface area contributed by atoms with Gasteiger partial charge in [0, 0.05) is 44.0 Å². The number of likely N-dealkylation sites (N-methyl/N-ethyl adjacent to an activating group) is 1. The lowest BCUT2D eigenvalue weighted by Gasteiger charge is -2.31. The van der Waals surface area contributed by atoms with Crippen molar-refractivity contribution < 1.29 is 14.3 Å². The highest BCUT2D eigenvalue weighted by Crippen LogP contribution is 2.38. The highest BCUT2D eigenvalue weighted by atomic mass is 16.5. The summed E-state index contributed by atoms with van der Waals surface area (Å²) in [5, 5.41) is 2.95. The Kier molecular flexibility index (Phi) is 6.79. The van der Waals surface area contributed by atoms with Gasteiger partial charge in [0.05, 0.1) is 61.1 Å². The van der Waals surface area contributed by atoms with Crippen molar-refractivity contribution in [3.05, 3.63) is 48.9 Å². The molecule has 0 radical (unpaired) electrons. The maximum atomic E-state index is 12.7.